The van der Waals surface area contributed by atoms with Gasteiger partial charge in [0, 0.05) is 0 Å². The van der Waals surface area contributed by atoms with Crippen molar-refractivity contribution in [2.24, 2.45) is 0 Å². The zero-order valence-corrected chi connectivity index (χ0v) is 11.3. The minimum absolute atomic E-state index is 0.237. The summed E-state index contributed by atoms with van der Waals surface area (Å²) in [5.41, 5.74) is 0.237. The lowest BCUT2D eigenvalue weighted by atomic mass is 10.1. The van der Waals surface area contributed by atoms with Crippen molar-refractivity contribution in [1.82, 2.24) is 0 Å². The third-order valence-corrected chi connectivity index (χ3v) is 2.88. The van der Waals surface area contributed by atoms with Crippen LogP contribution in [0.2, 0.25) is 0 Å². The third kappa shape index (κ3) is 3.83. The van der Waals surface area contributed by atoms with Crippen molar-refractivity contribution >= 4 is 23.2 Å². The lowest BCUT2D eigenvalue weighted by Crippen LogP contribution is -2.17. The molecule has 0 fully saturated rings. The first-order chi connectivity index (χ1) is 8.97. The third-order valence-electron chi connectivity index (χ3n) is 2.46. The molecule has 0 amide bonds. The maximum atomic E-state index is 13.3. The number of aliphatic hydroxyl groups excluding tert-OH is 1. The van der Waals surface area contributed by atoms with E-state index in [4.69, 9.17) is 27.9 Å². The van der Waals surface area contributed by atoms with Gasteiger partial charge in [0.25, 0.3) is 4.59 Å². The second-order valence-corrected chi connectivity index (χ2v) is 5.23. The van der Waals surface area contributed by atoms with Crippen LogP contribution < -0.4 is 4.74 Å². The average molecular weight is 301 g/mol. The number of hydrogen-bond donors (Lipinski definition) is 1. The zero-order chi connectivity index (χ0) is 13.9. The monoisotopic (exact) mass is 300 g/mol. The summed E-state index contributed by atoms with van der Waals surface area (Å²) in [5, 5.41) is 9.65. The Hall–Kier alpha value is -1.29. The summed E-state index contributed by atoms with van der Waals surface area (Å²) in [4.78, 5) is 0. The second-order valence-electron chi connectivity index (χ2n) is 3.93. The highest BCUT2D eigenvalue weighted by atomic mass is 35.5. The lowest BCUT2D eigenvalue weighted by Gasteiger charge is -2.18. The molecule has 2 aromatic carbocycles. The van der Waals surface area contributed by atoms with Crippen molar-refractivity contribution in [2.45, 2.75) is 10.7 Å². The molecular weight excluding hydrogens is 290 g/mol. The van der Waals surface area contributed by atoms with Gasteiger partial charge in [-0.1, -0.05) is 53.5 Å². The molecule has 0 aromatic heterocycles. The molecule has 0 radical (unpaired) electrons. The van der Waals surface area contributed by atoms with E-state index in [2.05, 4.69) is 0 Å². The van der Waals surface area contributed by atoms with Crippen molar-refractivity contribution in [1.29, 1.82) is 0 Å². The Bertz CT molecular complexity index is 541. The minimum Gasteiger partial charge on any atom is -0.457 e. The van der Waals surface area contributed by atoms with Gasteiger partial charge in [0.05, 0.1) is 0 Å². The van der Waals surface area contributed by atoms with E-state index in [1.165, 1.54) is 12.1 Å². The summed E-state index contributed by atoms with van der Waals surface area (Å²) in [6, 6.07) is 15.4. The molecule has 19 heavy (non-hydrogen) atoms. The molecule has 0 aliphatic carbocycles. The van der Waals surface area contributed by atoms with Gasteiger partial charge in [0.15, 0.2) is 0 Å². The van der Waals surface area contributed by atoms with Gasteiger partial charge >= 0.3 is 0 Å². The maximum Gasteiger partial charge on any atom is 0.287 e. The SMILES string of the molecule is OC(c1cccc(Oc2ccccc2)c1)C(F)(Cl)Cl. The molecule has 2 nitrogen and oxygen atoms in total. The zero-order valence-electron chi connectivity index (χ0n) is 9.76. The number of rotatable bonds is 4. The van der Waals surface area contributed by atoms with E-state index < -0.39 is 10.7 Å². The maximum absolute atomic E-state index is 13.3. The van der Waals surface area contributed by atoms with Gasteiger partial charge in [0.2, 0.25) is 0 Å². The predicted octanol–water partition coefficient (Wildman–Crippen LogP) is 4.61. The number of ether oxygens (including phenoxy) is 1. The van der Waals surface area contributed by atoms with Crippen LogP contribution in [0.25, 0.3) is 0 Å². The van der Waals surface area contributed by atoms with Crippen LogP contribution in [0.1, 0.15) is 11.7 Å². The normalized spacial score (nSPS) is 13.1. The standard InChI is InChI=1S/C14H11Cl2FO2/c15-14(16,17)13(18)10-5-4-8-12(9-10)19-11-6-2-1-3-7-11/h1-9,13,18H. The second kappa shape index (κ2) is 5.78. The molecule has 0 aliphatic rings. The first-order valence-electron chi connectivity index (χ1n) is 5.54. The molecule has 5 heteroatoms. The molecular formula is C14H11Cl2FO2. The van der Waals surface area contributed by atoms with Crippen LogP contribution in [0, 0.1) is 0 Å². The van der Waals surface area contributed by atoms with Gasteiger partial charge in [-0.25, -0.2) is 4.39 Å². The van der Waals surface area contributed by atoms with Crippen molar-refractivity contribution in [3.8, 4) is 11.5 Å². The Morgan fingerprint density at radius 2 is 1.63 bits per heavy atom. The predicted molar refractivity (Wildman–Crippen MR) is 73.5 cm³/mol. The van der Waals surface area contributed by atoms with Crippen molar-refractivity contribution in [3.05, 3.63) is 60.2 Å². The first-order valence-corrected chi connectivity index (χ1v) is 6.30. The van der Waals surface area contributed by atoms with Gasteiger partial charge in [-0.05, 0) is 29.8 Å². The molecule has 100 valence electrons. The molecule has 0 heterocycles. The Kier molecular flexibility index (Phi) is 4.30. The summed E-state index contributed by atoms with van der Waals surface area (Å²) < 4.78 is 16.1. The topological polar surface area (TPSA) is 29.5 Å². The van der Waals surface area contributed by atoms with Crippen molar-refractivity contribution < 1.29 is 14.2 Å². The van der Waals surface area contributed by atoms with E-state index in [1.807, 2.05) is 18.2 Å². The van der Waals surface area contributed by atoms with E-state index in [-0.39, 0.29) is 5.56 Å². The fourth-order valence-corrected chi connectivity index (χ4v) is 1.81. The van der Waals surface area contributed by atoms with Crippen molar-refractivity contribution in [2.75, 3.05) is 0 Å². The number of alkyl halides is 3. The van der Waals surface area contributed by atoms with Gasteiger partial charge in [0.1, 0.15) is 17.6 Å². The van der Waals surface area contributed by atoms with E-state index in [0.717, 1.165) is 0 Å². The molecule has 1 N–H and O–H groups in total. The summed E-state index contributed by atoms with van der Waals surface area (Å²) >= 11 is 10.5. The quantitative estimate of drug-likeness (QED) is 0.835. The Balaban J connectivity index is 2.20. The molecule has 0 saturated heterocycles. The summed E-state index contributed by atoms with van der Waals surface area (Å²) in [6.45, 7) is 0. The van der Waals surface area contributed by atoms with Gasteiger partial charge in [-0.15, -0.1) is 0 Å². The van der Waals surface area contributed by atoms with E-state index in [0.29, 0.717) is 11.5 Å². The highest BCUT2D eigenvalue weighted by Crippen LogP contribution is 2.38. The van der Waals surface area contributed by atoms with E-state index in [9.17, 15) is 9.50 Å². The largest absolute Gasteiger partial charge is 0.457 e. The Morgan fingerprint density at radius 3 is 2.26 bits per heavy atom. The Labute approximate surface area is 120 Å². The summed E-state index contributed by atoms with van der Waals surface area (Å²) in [6.07, 6.45) is -1.64. The van der Waals surface area contributed by atoms with E-state index in [1.54, 1.807) is 24.3 Å². The van der Waals surface area contributed by atoms with Gasteiger partial charge < -0.3 is 9.84 Å². The fourth-order valence-electron chi connectivity index (χ4n) is 1.56. The van der Waals surface area contributed by atoms with Gasteiger partial charge in [-0.2, -0.15) is 0 Å². The van der Waals surface area contributed by atoms with Crippen LogP contribution in [0.3, 0.4) is 0 Å². The fraction of sp³-hybridized carbons (Fsp3) is 0.143. The molecule has 0 spiro atoms. The highest BCUT2D eigenvalue weighted by molar-refractivity contribution is 6.47. The first kappa shape index (κ1) is 14.1. The van der Waals surface area contributed by atoms with E-state index >= 15 is 0 Å². The molecule has 0 bridgehead atoms. The number of benzene rings is 2. The summed E-state index contributed by atoms with van der Waals surface area (Å²) in [5.74, 6) is 1.10. The lowest BCUT2D eigenvalue weighted by molar-refractivity contribution is 0.0978. The number of aliphatic hydroxyl groups is 1. The number of hydrogen-bond acceptors (Lipinski definition) is 2. The number of halogens is 3. The van der Waals surface area contributed by atoms with Crippen LogP contribution >= 0.6 is 23.2 Å². The van der Waals surface area contributed by atoms with Crippen molar-refractivity contribution in [3.63, 3.8) is 0 Å². The summed E-state index contributed by atoms with van der Waals surface area (Å²) in [7, 11) is 0. The minimum atomic E-state index is -2.74. The van der Waals surface area contributed by atoms with Crippen LogP contribution in [0.4, 0.5) is 4.39 Å². The number of para-hydroxylation sites is 1. The smallest absolute Gasteiger partial charge is 0.287 e. The molecule has 1 unspecified atom stereocenters. The molecule has 2 aromatic rings. The highest BCUT2D eigenvalue weighted by Gasteiger charge is 2.34. The van der Waals surface area contributed by atoms with Crippen LogP contribution in [0.15, 0.2) is 54.6 Å². The van der Waals surface area contributed by atoms with Gasteiger partial charge in [-0.3, -0.25) is 0 Å². The Morgan fingerprint density at radius 1 is 1.00 bits per heavy atom. The molecule has 0 saturated carbocycles. The molecule has 0 aliphatic heterocycles. The molecule has 2 rings (SSSR count). The van der Waals surface area contributed by atoms with Crippen LogP contribution in [-0.4, -0.2) is 9.69 Å². The van der Waals surface area contributed by atoms with Crippen LogP contribution in [-0.2, 0) is 0 Å². The van der Waals surface area contributed by atoms with Crippen LogP contribution in [0.5, 0.6) is 11.5 Å². The average Bonchev–Trinajstić information content (AvgIpc) is 2.38. The molecule has 1 atom stereocenters.